The second kappa shape index (κ2) is 5.24. The molecule has 1 aliphatic carbocycles. The number of nitro benzene ring substituents is 1. The van der Waals surface area contributed by atoms with Crippen molar-refractivity contribution in [3.8, 4) is 0 Å². The van der Waals surface area contributed by atoms with Crippen LogP contribution in [0.5, 0.6) is 0 Å². The summed E-state index contributed by atoms with van der Waals surface area (Å²) in [4.78, 5) is 10.6. The molecular weight excluding hydrogens is 300 g/mol. The molecular formula is C12H15BrN2O3. The van der Waals surface area contributed by atoms with Gasteiger partial charge in [-0.25, -0.2) is 0 Å². The lowest BCUT2D eigenvalue weighted by molar-refractivity contribution is -0.384. The van der Waals surface area contributed by atoms with Crippen LogP contribution in [0.25, 0.3) is 0 Å². The highest BCUT2D eigenvalue weighted by Crippen LogP contribution is 2.48. The van der Waals surface area contributed by atoms with Gasteiger partial charge in [-0.1, -0.05) is 15.9 Å². The predicted molar refractivity (Wildman–Crippen MR) is 72.7 cm³/mol. The number of nitrogens with one attached hydrogen (secondary N) is 1. The summed E-state index contributed by atoms with van der Waals surface area (Å²) in [7, 11) is 0. The summed E-state index contributed by atoms with van der Waals surface area (Å²) in [6, 6.07) is 4.98. The Labute approximate surface area is 113 Å². The molecule has 1 aromatic carbocycles. The Balaban J connectivity index is 2.07. The van der Waals surface area contributed by atoms with Gasteiger partial charge < -0.3 is 10.4 Å². The Morgan fingerprint density at radius 3 is 2.78 bits per heavy atom. The van der Waals surface area contributed by atoms with Gasteiger partial charge in [0, 0.05) is 23.7 Å². The Morgan fingerprint density at radius 1 is 1.50 bits per heavy atom. The van der Waals surface area contributed by atoms with E-state index in [0.717, 1.165) is 19.3 Å². The van der Waals surface area contributed by atoms with E-state index in [4.69, 9.17) is 5.11 Å². The van der Waals surface area contributed by atoms with Gasteiger partial charge in [0.15, 0.2) is 0 Å². The number of rotatable bonds is 6. The average molecular weight is 315 g/mol. The van der Waals surface area contributed by atoms with Gasteiger partial charge in [0.05, 0.1) is 4.92 Å². The summed E-state index contributed by atoms with van der Waals surface area (Å²) < 4.78 is 0.691. The van der Waals surface area contributed by atoms with E-state index in [2.05, 4.69) is 21.2 Å². The Hall–Kier alpha value is -1.14. The van der Waals surface area contributed by atoms with Gasteiger partial charge >= 0.3 is 0 Å². The molecule has 1 aliphatic rings. The van der Waals surface area contributed by atoms with Crippen molar-refractivity contribution in [1.82, 2.24) is 0 Å². The molecule has 1 fully saturated rings. The van der Waals surface area contributed by atoms with E-state index in [9.17, 15) is 10.1 Å². The van der Waals surface area contributed by atoms with Crippen LogP contribution in [-0.4, -0.2) is 23.2 Å². The van der Waals surface area contributed by atoms with Gasteiger partial charge in [-0.05, 0) is 36.8 Å². The fourth-order valence-corrected chi connectivity index (χ4v) is 2.37. The maximum atomic E-state index is 10.9. The molecule has 0 amide bonds. The van der Waals surface area contributed by atoms with Crippen LogP contribution in [0, 0.1) is 15.5 Å². The van der Waals surface area contributed by atoms with Gasteiger partial charge in [-0.15, -0.1) is 0 Å². The molecule has 98 valence electrons. The molecule has 0 heterocycles. The van der Waals surface area contributed by atoms with Crippen LogP contribution in [0.1, 0.15) is 19.3 Å². The number of halogens is 1. The molecule has 0 bridgehead atoms. The number of nitrogens with zero attached hydrogens (tertiary/aromatic N) is 1. The first-order chi connectivity index (χ1) is 8.56. The number of benzene rings is 1. The third-order valence-corrected chi connectivity index (χ3v) is 3.90. The van der Waals surface area contributed by atoms with Crippen LogP contribution in [0.3, 0.4) is 0 Å². The first-order valence-corrected chi connectivity index (χ1v) is 6.64. The number of hydrogen-bond acceptors (Lipinski definition) is 4. The van der Waals surface area contributed by atoms with Crippen LogP contribution >= 0.6 is 15.9 Å². The molecule has 0 aliphatic heterocycles. The largest absolute Gasteiger partial charge is 0.396 e. The Kier molecular flexibility index (Phi) is 3.87. The summed E-state index contributed by atoms with van der Waals surface area (Å²) in [6.45, 7) is 0.847. The standard InChI is InChI=1S/C12H15BrN2O3/c13-9-1-2-10(11(7-9)15(17)18)14-8-12(3-4-12)5-6-16/h1-2,7,14,16H,3-6,8H2. The number of nitro groups is 1. The smallest absolute Gasteiger partial charge is 0.293 e. The van der Waals surface area contributed by atoms with Crippen molar-refractivity contribution in [3.05, 3.63) is 32.8 Å². The molecule has 0 spiro atoms. The zero-order valence-corrected chi connectivity index (χ0v) is 11.4. The van der Waals surface area contributed by atoms with E-state index >= 15 is 0 Å². The zero-order valence-electron chi connectivity index (χ0n) is 9.86. The lowest BCUT2D eigenvalue weighted by atomic mass is 10.0. The fourth-order valence-electron chi connectivity index (χ4n) is 2.02. The maximum Gasteiger partial charge on any atom is 0.293 e. The highest BCUT2D eigenvalue weighted by molar-refractivity contribution is 9.10. The van der Waals surface area contributed by atoms with E-state index in [1.54, 1.807) is 12.1 Å². The molecule has 0 radical (unpaired) electrons. The van der Waals surface area contributed by atoms with E-state index in [1.807, 2.05) is 0 Å². The Morgan fingerprint density at radius 2 is 2.22 bits per heavy atom. The fraction of sp³-hybridized carbons (Fsp3) is 0.500. The lowest BCUT2D eigenvalue weighted by Crippen LogP contribution is -2.17. The first-order valence-electron chi connectivity index (χ1n) is 5.85. The monoisotopic (exact) mass is 314 g/mol. The van der Waals surface area contributed by atoms with Crippen LogP contribution in [0.4, 0.5) is 11.4 Å². The molecule has 0 saturated heterocycles. The molecule has 1 saturated carbocycles. The molecule has 0 unspecified atom stereocenters. The zero-order chi connectivity index (χ0) is 13.2. The van der Waals surface area contributed by atoms with E-state index in [-0.39, 0.29) is 17.7 Å². The third kappa shape index (κ3) is 3.00. The van der Waals surface area contributed by atoms with Gasteiger partial charge in [-0.2, -0.15) is 0 Å². The summed E-state index contributed by atoms with van der Waals surface area (Å²) >= 11 is 3.23. The minimum atomic E-state index is -0.390. The molecule has 0 aromatic heterocycles. The summed E-state index contributed by atoms with van der Waals surface area (Å²) in [5, 5.41) is 23.1. The number of aliphatic hydroxyl groups is 1. The van der Waals surface area contributed by atoms with Crippen molar-refractivity contribution in [2.75, 3.05) is 18.5 Å². The molecule has 18 heavy (non-hydrogen) atoms. The molecule has 6 heteroatoms. The van der Waals surface area contributed by atoms with Crippen LogP contribution in [-0.2, 0) is 0 Å². The highest BCUT2D eigenvalue weighted by atomic mass is 79.9. The van der Waals surface area contributed by atoms with Crippen LogP contribution in [0.2, 0.25) is 0 Å². The molecule has 1 aromatic rings. The number of aliphatic hydroxyl groups excluding tert-OH is 1. The maximum absolute atomic E-state index is 10.9. The van der Waals surface area contributed by atoms with Crippen molar-refractivity contribution in [2.24, 2.45) is 5.41 Å². The second-order valence-electron chi connectivity index (χ2n) is 4.75. The van der Waals surface area contributed by atoms with Crippen molar-refractivity contribution >= 4 is 27.3 Å². The first kappa shape index (κ1) is 13.3. The van der Waals surface area contributed by atoms with Gasteiger partial charge in [0.2, 0.25) is 0 Å². The van der Waals surface area contributed by atoms with E-state index < -0.39 is 4.92 Å². The SMILES string of the molecule is O=[N+]([O-])c1cc(Br)ccc1NCC1(CCO)CC1. The van der Waals surface area contributed by atoms with Gasteiger partial charge in [0.25, 0.3) is 5.69 Å². The van der Waals surface area contributed by atoms with Crippen molar-refractivity contribution in [3.63, 3.8) is 0 Å². The minimum absolute atomic E-state index is 0.0733. The summed E-state index contributed by atoms with van der Waals surface area (Å²) in [6.07, 6.45) is 2.90. The van der Waals surface area contributed by atoms with E-state index in [1.165, 1.54) is 6.07 Å². The van der Waals surface area contributed by atoms with E-state index in [0.29, 0.717) is 16.7 Å². The van der Waals surface area contributed by atoms with Gasteiger partial charge in [-0.3, -0.25) is 10.1 Å². The van der Waals surface area contributed by atoms with Crippen molar-refractivity contribution < 1.29 is 10.0 Å². The van der Waals surface area contributed by atoms with Crippen molar-refractivity contribution in [2.45, 2.75) is 19.3 Å². The molecule has 0 atom stereocenters. The highest BCUT2D eigenvalue weighted by Gasteiger charge is 2.41. The molecule has 2 rings (SSSR count). The van der Waals surface area contributed by atoms with Gasteiger partial charge in [0.1, 0.15) is 5.69 Å². The lowest BCUT2D eigenvalue weighted by Gasteiger charge is -2.15. The van der Waals surface area contributed by atoms with Crippen molar-refractivity contribution in [1.29, 1.82) is 0 Å². The summed E-state index contributed by atoms with van der Waals surface area (Å²) in [5.74, 6) is 0. The molecule has 2 N–H and O–H groups in total. The topological polar surface area (TPSA) is 75.4 Å². The number of hydrogen-bond donors (Lipinski definition) is 2. The average Bonchev–Trinajstić information content (AvgIpc) is 3.08. The molecule has 5 nitrogen and oxygen atoms in total. The normalized spacial score (nSPS) is 16.3. The Bertz CT molecular complexity index is 461. The second-order valence-corrected chi connectivity index (χ2v) is 5.66. The summed E-state index contributed by atoms with van der Waals surface area (Å²) in [5.41, 5.74) is 0.743. The third-order valence-electron chi connectivity index (χ3n) is 3.41. The van der Waals surface area contributed by atoms with Crippen LogP contribution < -0.4 is 5.32 Å². The van der Waals surface area contributed by atoms with Crippen LogP contribution in [0.15, 0.2) is 22.7 Å². The quantitative estimate of drug-likeness (QED) is 0.625. The number of anilines is 1. The minimum Gasteiger partial charge on any atom is -0.396 e. The predicted octanol–water partition coefficient (Wildman–Crippen LogP) is 2.93.